The normalized spacial score (nSPS) is 13.6. The van der Waals surface area contributed by atoms with Gasteiger partial charge in [-0.05, 0) is 24.3 Å². The van der Waals surface area contributed by atoms with E-state index in [4.69, 9.17) is 14.2 Å². The Hall–Kier alpha value is -2.60. The van der Waals surface area contributed by atoms with E-state index < -0.39 is 0 Å². The molecule has 27 heavy (non-hydrogen) atoms. The van der Waals surface area contributed by atoms with Crippen LogP contribution in [0.25, 0.3) is 0 Å². The molecular formula is C20H25ClN2O4. The van der Waals surface area contributed by atoms with Crippen molar-refractivity contribution in [2.75, 3.05) is 52.4 Å². The van der Waals surface area contributed by atoms with Crippen LogP contribution in [0.5, 0.6) is 17.2 Å². The SMILES string of the molecule is COc1cc(C(=O)N2CCN(c3ccccc3)CC2)cc(OC)c1OC.Cl. The number of hydrogen-bond donors (Lipinski definition) is 0. The zero-order valence-corrected chi connectivity index (χ0v) is 16.6. The molecule has 0 unspecified atom stereocenters. The van der Waals surface area contributed by atoms with E-state index in [9.17, 15) is 4.79 Å². The molecule has 1 amide bonds. The number of piperazine rings is 1. The van der Waals surface area contributed by atoms with Crippen molar-refractivity contribution in [3.05, 3.63) is 48.0 Å². The van der Waals surface area contributed by atoms with Gasteiger partial charge in [0, 0.05) is 37.4 Å². The number of carbonyl (C=O) groups excluding carboxylic acids is 1. The van der Waals surface area contributed by atoms with Gasteiger partial charge in [0.05, 0.1) is 21.3 Å². The second kappa shape index (κ2) is 9.37. The Morgan fingerprint density at radius 3 is 1.89 bits per heavy atom. The number of para-hydroxylation sites is 1. The van der Waals surface area contributed by atoms with Gasteiger partial charge < -0.3 is 24.0 Å². The van der Waals surface area contributed by atoms with Crippen LogP contribution in [0, 0.1) is 0 Å². The Kier molecular flexibility index (Phi) is 7.19. The van der Waals surface area contributed by atoms with Crippen molar-refractivity contribution in [2.45, 2.75) is 0 Å². The third kappa shape index (κ3) is 4.39. The third-order valence-electron chi connectivity index (χ3n) is 4.60. The molecule has 146 valence electrons. The van der Waals surface area contributed by atoms with Gasteiger partial charge in [-0.2, -0.15) is 0 Å². The topological polar surface area (TPSA) is 51.2 Å². The average molecular weight is 393 g/mol. The summed E-state index contributed by atoms with van der Waals surface area (Å²) in [5.74, 6) is 1.42. The number of rotatable bonds is 5. The lowest BCUT2D eigenvalue weighted by Gasteiger charge is -2.36. The molecule has 0 bridgehead atoms. The predicted octanol–water partition coefficient (Wildman–Crippen LogP) is 3.10. The molecule has 0 atom stereocenters. The fourth-order valence-electron chi connectivity index (χ4n) is 3.19. The first-order chi connectivity index (χ1) is 12.7. The standard InChI is InChI=1S/C20H24N2O4.ClH/c1-24-17-13-15(14-18(25-2)19(17)26-3)20(23)22-11-9-21(10-12-22)16-7-5-4-6-8-16;/h4-8,13-14H,9-12H2,1-3H3;1H. The van der Waals surface area contributed by atoms with E-state index in [-0.39, 0.29) is 18.3 Å². The zero-order valence-electron chi connectivity index (χ0n) is 15.8. The first-order valence-electron chi connectivity index (χ1n) is 8.57. The van der Waals surface area contributed by atoms with E-state index in [2.05, 4.69) is 17.0 Å². The van der Waals surface area contributed by atoms with Crippen LogP contribution in [0.3, 0.4) is 0 Å². The highest BCUT2D eigenvalue weighted by atomic mass is 35.5. The predicted molar refractivity (Wildman–Crippen MR) is 108 cm³/mol. The van der Waals surface area contributed by atoms with Crippen LogP contribution in [-0.2, 0) is 0 Å². The molecular weight excluding hydrogens is 368 g/mol. The molecule has 1 aliphatic heterocycles. The number of carbonyl (C=O) groups is 1. The number of halogens is 1. The lowest BCUT2D eigenvalue weighted by atomic mass is 10.1. The van der Waals surface area contributed by atoms with Gasteiger partial charge in [-0.1, -0.05) is 18.2 Å². The number of methoxy groups -OCH3 is 3. The van der Waals surface area contributed by atoms with Gasteiger partial charge in [-0.3, -0.25) is 4.79 Å². The van der Waals surface area contributed by atoms with Crippen molar-refractivity contribution in [3.8, 4) is 17.2 Å². The van der Waals surface area contributed by atoms with Crippen molar-refractivity contribution < 1.29 is 19.0 Å². The number of ether oxygens (including phenoxy) is 3. The van der Waals surface area contributed by atoms with Gasteiger partial charge in [-0.15, -0.1) is 12.4 Å². The molecule has 6 nitrogen and oxygen atoms in total. The van der Waals surface area contributed by atoms with Crippen LogP contribution in [0.15, 0.2) is 42.5 Å². The highest BCUT2D eigenvalue weighted by Gasteiger charge is 2.24. The molecule has 1 fully saturated rings. The van der Waals surface area contributed by atoms with Gasteiger partial charge >= 0.3 is 0 Å². The summed E-state index contributed by atoms with van der Waals surface area (Å²) in [7, 11) is 4.64. The van der Waals surface area contributed by atoms with Gasteiger partial charge in [0.1, 0.15) is 0 Å². The van der Waals surface area contributed by atoms with Crippen molar-refractivity contribution in [1.82, 2.24) is 4.90 Å². The van der Waals surface area contributed by atoms with Gasteiger partial charge in [0.25, 0.3) is 5.91 Å². The van der Waals surface area contributed by atoms with Crippen LogP contribution in [0.4, 0.5) is 5.69 Å². The summed E-state index contributed by atoms with van der Waals surface area (Å²) in [5.41, 5.74) is 1.72. The van der Waals surface area contributed by atoms with E-state index in [1.54, 1.807) is 33.5 Å². The van der Waals surface area contributed by atoms with E-state index in [0.29, 0.717) is 35.9 Å². The summed E-state index contributed by atoms with van der Waals surface area (Å²) in [6, 6.07) is 13.7. The number of nitrogens with zero attached hydrogens (tertiary/aromatic N) is 2. The Morgan fingerprint density at radius 2 is 1.41 bits per heavy atom. The Bertz CT molecular complexity index is 737. The molecule has 0 aliphatic carbocycles. The van der Waals surface area contributed by atoms with E-state index >= 15 is 0 Å². The molecule has 1 aliphatic rings. The monoisotopic (exact) mass is 392 g/mol. The number of anilines is 1. The van der Waals surface area contributed by atoms with Crippen molar-refractivity contribution in [2.24, 2.45) is 0 Å². The molecule has 0 saturated carbocycles. The van der Waals surface area contributed by atoms with Crippen LogP contribution in [-0.4, -0.2) is 58.3 Å². The quantitative estimate of drug-likeness (QED) is 0.782. The second-order valence-corrected chi connectivity index (χ2v) is 6.03. The number of amides is 1. The Morgan fingerprint density at radius 1 is 0.852 bits per heavy atom. The van der Waals surface area contributed by atoms with Crippen LogP contribution >= 0.6 is 12.4 Å². The minimum Gasteiger partial charge on any atom is -0.493 e. The lowest BCUT2D eigenvalue weighted by molar-refractivity contribution is 0.0746. The smallest absolute Gasteiger partial charge is 0.254 e. The van der Waals surface area contributed by atoms with E-state index in [1.807, 2.05) is 23.1 Å². The van der Waals surface area contributed by atoms with Crippen molar-refractivity contribution in [3.63, 3.8) is 0 Å². The first-order valence-corrected chi connectivity index (χ1v) is 8.57. The van der Waals surface area contributed by atoms with Gasteiger partial charge in [0.15, 0.2) is 11.5 Å². The first kappa shape index (κ1) is 20.7. The molecule has 2 aromatic rings. The molecule has 0 N–H and O–H groups in total. The number of hydrogen-bond acceptors (Lipinski definition) is 5. The van der Waals surface area contributed by atoms with Gasteiger partial charge in [0.2, 0.25) is 5.75 Å². The van der Waals surface area contributed by atoms with Crippen molar-refractivity contribution >= 4 is 24.0 Å². The fraction of sp³-hybridized carbons (Fsp3) is 0.350. The fourth-order valence-corrected chi connectivity index (χ4v) is 3.19. The highest BCUT2D eigenvalue weighted by molar-refractivity contribution is 5.95. The van der Waals surface area contributed by atoms with Crippen LogP contribution in [0.1, 0.15) is 10.4 Å². The summed E-state index contributed by atoms with van der Waals surface area (Å²) in [6.45, 7) is 2.95. The number of benzene rings is 2. The minimum absolute atomic E-state index is 0. The maximum Gasteiger partial charge on any atom is 0.254 e. The average Bonchev–Trinajstić information content (AvgIpc) is 2.72. The van der Waals surface area contributed by atoms with Crippen molar-refractivity contribution in [1.29, 1.82) is 0 Å². The molecule has 1 heterocycles. The largest absolute Gasteiger partial charge is 0.493 e. The maximum atomic E-state index is 12.9. The molecule has 3 rings (SSSR count). The third-order valence-corrected chi connectivity index (χ3v) is 4.60. The maximum absolute atomic E-state index is 12.9. The van der Waals surface area contributed by atoms with Gasteiger partial charge in [-0.25, -0.2) is 0 Å². The summed E-state index contributed by atoms with van der Waals surface area (Å²) in [6.07, 6.45) is 0. The summed E-state index contributed by atoms with van der Waals surface area (Å²) in [4.78, 5) is 17.1. The van der Waals surface area contributed by atoms with Crippen LogP contribution < -0.4 is 19.1 Å². The summed E-state index contributed by atoms with van der Waals surface area (Å²) < 4.78 is 16.0. The Balaban J connectivity index is 0.00000261. The van der Waals surface area contributed by atoms with E-state index in [1.165, 1.54) is 5.69 Å². The summed E-state index contributed by atoms with van der Waals surface area (Å²) in [5, 5.41) is 0. The lowest BCUT2D eigenvalue weighted by Crippen LogP contribution is -2.48. The molecule has 0 radical (unpaired) electrons. The molecule has 1 saturated heterocycles. The van der Waals surface area contributed by atoms with E-state index in [0.717, 1.165) is 13.1 Å². The zero-order chi connectivity index (χ0) is 18.5. The molecule has 7 heteroatoms. The highest BCUT2D eigenvalue weighted by Crippen LogP contribution is 2.38. The molecule has 0 aromatic heterocycles. The minimum atomic E-state index is -0.0306. The Labute approximate surface area is 166 Å². The molecule has 2 aromatic carbocycles. The summed E-state index contributed by atoms with van der Waals surface area (Å²) >= 11 is 0. The van der Waals surface area contributed by atoms with Crippen LogP contribution in [0.2, 0.25) is 0 Å². The second-order valence-electron chi connectivity index (χ2n) is 6.03. The molecule has 0 spiro atoms.